The van der Waals surface area contributed by atoms with Crippen molar-refractivity contribution in [3.8, 4) is 5.75 Å². The van der Waals surface area contributed by atoms with Crippen molar-refractivity contribution in [3.05, 3.63) is 89.0 Å². The lowest BCUT2D eigenvalue weighted by Crippen LogP contribution is -2.44. The van der Waals surface area contributed by atoms with E-state index in [0.717, 1.165) is 11.1 Å². The molecular formula is C25H25F2NO3S. The maximum Gasteiger partial charge on any atom is 0.264 e. The van der Waals surface area contributed by atoms with Gasteiger partial charge in [0.05, 0.1) is 17.7 Å². The summed E-state index contributed by atoms with van der Waals surface area (Å²) in [7, 11) is -2.42. The van der Waals surface area contributed by atoms with Crippen LogP contribution in [0, 0.1) is 18.6 Å². The molecule has 0 N–H and O–H groups in total. The van der Waals surface area contributed by atoms with Crippen LogP contribution in [0.5, 0.6) is 5.75 Å². The van der Waals surface area contributed by atoms with Crippen LogP contribution in [-0.2, 0) is 22.9 Å². The minimum atomic E-state index is -3.94. The summed E-state index contributed by atoms with van der Waals surface area (Å²) >= 11 is 0. The lowest BCUT2D eigenvalue weighted by Gasteiger charge is -2.38. The first-order valence-corrected chi connectivity index (χ1v) is 12.0. The molecular weight excluding hydrogens is 432 g/mol. The van der Waals surface area contributed by atoms with Gasteiger partial charge in [0.25, 0.3) is 10.0 Å². The Morgan fingerprint density at radius 1 is 1.03 bits per heavy atom. The molecule has 1 aliphatic rings. The smallest absolute Gasteiger partial charge is 0.264 e. The maximum absolute atomic E-state index is 14.3. The molecule has 0 fully saturated rings. The Labute approximate surface area is 187 Å². The van der Waals surface area contributed by atoms with Crippen molar-refractivity contribution < 1.29 is 21.9 Å². The predicted molar refractivity (Wildman–Crippen MR) is 121 cm³/mol. The lowest BCUT2D eigenvalue weighted by atomic mass is 9.94. The molecule has 1 atom stereocenters. The van der Waals surface area contributed by atoms with Gasteiger partial charge in [0.15, 0.2) is 0 Å². The van der Waals surface area contributed by atoms with Crippen LogP contribution in [0.3, 0.4) is 0 Å². The van der Waals surface area contributed by atoms with Crippen molar-refractivity contribution >= 4 is 15.7 Å². The number of hydrogen-bond acceptors (Lipinski definition) is 3. The van der Waals surface area contributed by atoms with Crippen LogP contribution in [0.2, 0.25) is 0 Å². The average Bonchev–Trinajstić information content (AvgIpc) is 2.78. The number of halogens is 2. The van der Waals surface area contributed by atoms with Crippen molar-refractivity contribution in [2.24, 2.45) is 0 Å². The molecule has 4 rings (SSSR count). The molecule has 1 aliphatic heterocycles. The largest absolute Gasteiger partial charge is 0.497 e. The predicted octanol–water partition coefficient (Wildman–Crippen LogP) is 5.42. The molecule has 0 saturated carbocycles. The lowest BCUT2D eigenvalue weighted by molar-refractivity contribution is 0.412. The van der Waals surface area contributed by atoms with Gasteiger partial charge in [0.2, 0.25) is 0 Å². The summed E-state index contributed by atoms with van der Waals surface area (Å²) in [6, 6.07) is 15.0. The van der Waals surface area contributed by atoms with Crippen LogP contribution in [0.15, 0.2) is 65.6 Å². The summed E-state index contributed by atoms with van der Waals surface area (Å²) in [5, 5.41) is 0. The standard InChI is InChI=1S/C25H25F2NO3S/c1-17-3-12-23(13-4-17)32(29,30)28-21(9-6-18-5-8-20(26)16-25(18)28)10-7-19-15-22(31-2)11-14-24(19)27/h3-5,8,11-16,21H,6-7,9-10H2,1-2H3. The van der Waals surface area contributed by atoms with Crippen LogP contribution in [-0.4, -0.2) is 21.6 Å². The van der Waals surface area contributed by atoms with Gasteiger partial charge in [0, 0.05) is 6.04 Å². The van der Waals surface area contributed by atoms with Crippen LogP contribution in [0.25, 0.3) is 0 Å². The molecule has 0 bridgehead atoms. The van der Waals surface area contributed by atoms with Gasteiger partial charge in [-0.3, -0.25) is 4.31 Å². The third kappa shape index (κ3) is 4.35. The number of nitrogens with zero attached hydrogens (tertiary/aromatic N) is 1. The summed E-state index contributed by atoms with van der Waals surface area (Å²) in [5.41, 5.74) is 2.54. The van der Waals surface area contributed by atoms with E-state index in [-0.39, 0.29) is 10.7 Å². The number of methoxy groups -OCH3 is 1. The van der Waals surface area contributed by atoms with E-state index in [4.69, 9.17) is 4.74 Å². The van der Waals surface area contributed by atoms with E-state index in [1.54, 1.807) is 42.5 Å². The van der Waals surface area contributed by atoms with Gasteiger partial charge in [-0.15, -0.1) is 0 Å². The molecule has 7 heteroatoms. The molecule has 0 spiro atoms. The molecule has 1 heterocycles. The molecule has 3 aromatic carbocycles. The fourth-order valence-corrected chi connectivity index (χ4v) is 5.93. The van der Waals surface area contributed by atoms with Crippen molar-refractivity contribution in [1.82, 2.24) is 0 Å². The normalized spacial score (nSPS) is 16.0. The van der Waals surface area contributed by atoms with E-state index >= 15 is 0 Å². The highest BCUT2D eigenvalue weighted by molar-refractivity contribution is 7.92. The van der Waals surface area contributed by atoms with Crippen LogP contribution >= 0.6 is 0 Å². The van der Waals surface area contributed by atoms with Gasteiger partial charge in [0.1, 0.15) is 17.4 Å². The van der Waals surface area contributed by atoms with Crippen LogP contribution in [0.1, 0.15) is 29.5 Å². The summed E-state index contributed by atoms with van der Waals surface area (Å²) in [6.45, 7) is 1.88. The van der Waals surface area contributed by atoms with Gasteiger partial charge >= 0.3 is 0 Å². The van der Waals surface area contributed by atoms with Crippen molar-refractivity contribution in [3.63, 3.8) is 0 Å². The number of anilines is 1. The summed E-state index contributed by atoms with van der Waals surface area (Å²) in [4.78, 5) is 0.151. The second-order valence-corrected chi connectivity index (χ2v) is 9.89. The third-order valence-electron chi connectivity index (χ3n) is 5.94. The Balaban J connectivity index is 1.72. The number of benzene rings is 3. The molecule has 168 valence electrons. The van der Waals surface area contributed by atoms with E-state index in [2.05, 4.69) is 0 Å². The number of ether oxygens (including phenoxy) is 1. The molecule has 4 nitrogen and oxygen atoms in total. The second-order valence-electron chi connectivity index (χ2n) is 8.08. The minimum Gasteiger partial charge on any atom is -0.497 e. The molecule has 0 aliphatic carbocycles. The zero-order valence-corrected chi connectivity index (χ0v) is 18.8. The van der Waals surface area contributed by atoms with E-state index in [0.29, 0.717) is 42.7 Å². The quantitative estimate of drug-likeness (QED) is 0.496. The summed E-state index contributed by atoms with van der Waals surface area (Å²) in [6.07, 6.45) is 1.92. The number of aryl methyl sites for hydroxylation is 3. The summed E-state index contributed by atoms with van der Waals surface area (Å²) < 4.78 is 62.4. The molecule has 3 aromatic rings. The monoisotopic (exact) mass is 457 g/mol. The first-order chi connectivity index (χ1) is 15.3. The van der Waals surface area contributed by atoms with E-state index < -0.39 is 21.9 Å². The van der Waals surface area contributed by atoms with Crippen molar-refractivity contribution in [2.75, 3.05) is 11.4 Å². The Kier molecular flexibility index (Phi) is 6.20. The second kappa shape index (κ2) is 8.90. The van der Waals surface area contributed by atoms with Crippen LogP contribution in [0.4, 0.5) is 14.5 Å². The molecule has 32 heavy (non-hydrogen) atoms. The Morgan fingerprint density at radius 2 is 1.78 bits per heavy atom. The number of fused-ring (bicyclic) bond motifs is 1. The highest BCUT2D eigenvalue weighted by atomic mass is 32.2. The Hall–Kier alpha value is -2.93. The number of hydrogen-bond donors (Lipinski definition) is 0. The van der Waals surface area contributed by atoms with Crippen molar-refractivity contribution in [1.29, 1.82) is 0 Å². The number of rotatable bonds is 6. The fraction of sp³-hybridized carbons (Fsp3) is 0.280. The maximum atomic E-state index is 14.3. The fourth-order valence-electron chi connectivity index (χ4n) is 4.19. The average molecular weight is 458 g/mol. The first kappa shape index (κ1) is 22.3. The summed E-state index contributed by atoms with van der Waals surface area (Å²) in [5.74, 6) is -0.310. The highest BCUT2D eigenvalue weighted by Crippen LogP contribution is 2.37. The topological polar surface area (TPSA) is 46.6 Å². The zero-order chi connectivity index (χ0) is 22.9. The minimum absolute atomic E-state index is 0.151. The molecule has 1 unspecified atom stereocenters. The van der Waals surface area contributed by atoms with E-state index in [1.807, 2.05) is 6.92 Å². The molecule has 0 aromatic heterocycles. The van der Waals surface area contributed by atoms with Gasteiger partial charge in [-0.05, 0) is 86.2 Å². The van der Waals surface area contributed by atoms with Crippen molar-refractivity contribution in [2.45, 2.75) is 43.5 Å². The van der Waals surface area contributed by atoms with Gasteiger partial charge in [-0.25, -0.2) is 17.2 Å². The van der Waals surface area contributed by atoms with E-state index in [9.17, 15) is 17.2 Å². The van der Waals surface area contributed by atoms with Crippen LogP contribution < -0.4 is 9.04 Å². The van der Waals surface area contributed by atoms with Gasteiger partial charge in [-0.2, -0.15) is 0 Å². The van der Waals surface area contributed by atoms with Gasteiger partial charge < -0.3 is 4.74 Å². The Bertz CT molecular complexity index is 1230. The first-order valence-electron chi connectivity index (χ1n) is 10.5. The molecule has 0 saturated heterocycles. The third-order valence-corrected chi connectivity index (χ3v) is 7.82. The SMILES string of the molecule is COc1ccc(F)c(CCC2CCc3ccc(F)cc3N2S(=O)(=O)c2ccc(C)cc2)c1. The zero-order valence-electron chi connectivity index (χ0n) is 18.0. The molecule has 0 radical (unpaired) electrons. The Morgan fingerprint density at radius 3 is 2.50 bits per heavy atom. The highest BCUT2D eigenvalue weighted by Gasteiger charge is 2.36. The number of sulfonamides is 1. The molecule has 0 amide bonds. The van der Waals surface area contributed by atoms with Gasteiger partial charge in [-0.1, -0.05) is 23.8 Å². The van der Waals surface area contributed by atoms with E-state index in [1.165, 1.54) is 29.6 Å².